The average Bonchev–Trinajstić information content (AvgIpc) is 1.69. The quantitative estimate of drug-likeness (QED) is 0.128. The Kier molecular flexibility index (Phi) is 12.0. The zero-order chi connectivity index (χ0) is 59.9. The molecule has 0 fully saturated rings. The number of allylic oxidation sites excluding steroid dienone is 1. The highest BCUT2D eigenvalue weighted by molar-refractivity contribution is 6.40. The maximum Gasteiger partial charge on any atom is 0.266 e. The molecule has 6 nitrogen and oxygen atoms in total. The van der Waals surface area contributed by atoms with E-state index >= 15 is 9.59 Å². The molecule has 0 spiro atoms. The van der Waals surface area contributed by atoms with Crippen LogP contribution in [0.25, 0.3) is 93.2 Å². The summed E-state index contributed by atoms with van der Waals surface area (Å²) in [5.41, 5.74) is 24.5. The lowest BCUT2D eigenvalue weighted by Gasteiger charge is -2.34. The summed E-state index contributed by atoms with van der Waals surface area (Å²) in [6, 6.07) is 43.4. The van der Waals surface area contributed by atoms with E-state index in [0.29, 0.717) is 27.9 Å². The first-order chi connectivity index (χ1) is 40.4. The maximum atomic E-state index is 15.0. The molecule has 2 aliphatic heterocycles. The number of benzene rings is 10. The molecular weight excluding hydrogens is 1040 g/mol. The van der Waals surface area contributed by atoms with Gasteiger partial charge in [0.25, 0.3) is 23.6 Å². The Hall–Kier alpha value is -8.74. The van der Waals surface area contributed by atoms with Crippen molar-refractivity contribution in [3.05, 3.63) is 206 Å². The number of rotatable bonds is 10. The topological polar surface area (TPSA) is 74.8 Å². The lowest BCUT2D eigenvalue weighted by Crippen LogP contribution is -2.42. The van der Waals surface area contributed by atoms with E-state index in [9.17, 15) is 9.59 Å². The Morgan fingerprint density at radius 2 is 0.659 bits per heavy atom. The van der Waals surface area contributed by atoms with Gasteiger partial charge in [-0.25, -0.2) is 9.80 Å². The van der Waals surface area contributed by atoms with E-state index in [2.05, 4.69) is 194 Å². The van der Waals surface area contributed by atoms with Crippen molar-refractivity contribution in [3.8, 4) is 44.5 Å². The predicted molar refractivity (Wildman–Crippen MR) is 354 cm³/mol. The van der Waals surface area contributed by atoms with Crippen molar-refractivity contribution in [3.63, 3.8) is 0 Å². The zero-order valence-corrected chi connectivity index (χ0v) is 51.5. The van der Waals surface area contributed by atoms with Crippen LogP contribution in [0.1, 0.15) is 204 Å². The summed E-state index contributed by atoms with van der Waals surface area (Å²) in [6.07, 6.45) is 1.72. The summed E-state index contributed by atoms with van der Waals surface area (Å²) in [7, 11) is 0. The third kappa shape index (κ3) is 7.89. The van der Waals surface area contributed by atoms with Crippen molar-refractivity contribution in [1.29, 1.82) is 0 Å². The van der Waals surface area contributed by atoms with Gasteiger partial charge in [-0.05, 0) is 256 Å². The minimum absolute atomic E-state index is 0.0666. The molecule has 0 saturated heterocycles. The minimum atomic E-state index is -0.283. The lowest BCUT2D eigenvalue weighted by molar-refractivity contribution is 0.0877. The SMILES string of the molecule is C=C(C)c1cc(C(C)C)c(N2C(=O)c3ccc4c5c(ccc(c35)C2=O)-c2cc3cc(CCc5cc6cc7c(cc6cc5C)-c5ccc6c8c(ccc-7c58)C(=O)N(c5c(C(C)C)cc(C(C)(C)C)cc5C(C)C)C6=O)c(C)cc3cc2-4)c(C(C)C)c1. The molecule has 85 heavy (non-hydrogen) atoms. The van der Waals surface area contributed by atoms with Crippen LogP contribution in [0.4, 0.5) is 11.4 Å². The number of fused-ring (bicyclic) bond motifs is 8. The number of amides is 4. The van der Waals surface area contributed by atoms with Crippen molar-refractivity contribution in [1.82, 2.24) is 0 Å². The van der Waals surface area contributed by atoms with Crippen LogP contribution in [0.2, 0.25) is 0 Å². The third-order valence-electron chi connectivity index (χ3n) is 19.4. The number of aryl methyl sites for hydroxylation is 4. The highest BCUT2D eigenvalue weighted by Crippen LogP contribution is 2.55. The van der Waals surface area contributed by atoms with Crippen LogP contribution in [-0.4, -0.2) is 23.6 Å². The van der Waals surface area contributed by atoms with Crippen LogP contribution in [0.3, 0.4) is 0 Å². The third-order valence-corrected chi connectivity index (χ3v) is 19.4. The summed E-state index contributed by atoms with van der Waals surface area (Å²) in [5, 5.41) is 8.10. The molecule has 10 aromatic carbocycles. The largest absolute Gasteiger partial charge is 0.268 e. The first-order valence-corrected chi connectivity index (χ1v) is 30.6. The van der Waals surface area contributed by atoms with Gasteiger partial charge in [0.05, 0.1) is 11.4 Å². The van der Waals surface area contributed by atoms with Gasteiger partial charge in [-0.3, -0.25) is 19.2 Å². The number of nitrogens with zero attached hydrogens (tertiary/aromatic N) is 2. The normalized spacial score (nSPS) is 14.1. The van der Waals surface area contributed by atoms with Gasteiger partial charge in [0.1, 0.15) is 0 Å². The zero-order valence-electron chi connectivity index (χ0n) is 51.5. The Morgan fingerprint density at radius 3 is 0.941 bits per heavy atom. The fraction of sp³-hybridized carbons (Fsp3) is 0.266. The fourth-order valence-electron chi connectivity index (χ4n) is 14.7. The molecule has 0 atom stereocenters. The molecule has 0 N–H and O–H groups in total. The van der Waals surface area contributed by atoms with E-state index in [0.717, 1.165) is 140 Å². The molecule has 14 rings (SSSR count). The van der Waals surface area contributed by atoms with E-state index in [1.165, 1.54) is 37.6 Å². The van der Waals surface area contributed by atoms with E-state index in [-0.39, 0.29) is 52.7 Å². The molecule has 0 radical (unpaired) electrons. The van der Waals surface area contributed by atoms with Gasteiger partial charge < -0.3 is 0 Å². The van der Waals surface area contributed by atoms with Gasteiger partial charge in [0.2, 0.25) is 0 Å². The van der Waals surface area contributed by atoms with Crippen molar-refractivity contribution in [2.24, 2.45) is 0 Å². The molecule has 2 aliphatic carbocycles. The smallest absolute Gasteiger partial charge is 0.266 e. The lowest BCUT2D eigenvalue weighted by atomic mass is 9.80. The van der Waals surface area contributed by atoms with Gasteiger partial charge in [0, 0.05) is 33.0 Å². The van der Waals surface area contributed by atoms with Crippen molar-refractivity contribution < 1.29 is 19.2 Å². The highest BCUT2D eigenvalue weighted by Gasteiger charge is 2.42. The van der Waals surface area contributed by atoms with Crippen LogP contribution < -0.4 is 9.80 Å². The minimum Gasteiger partial charge on any atom is -0.268 e. The summed E-state index contributed by atoms with van der Waals surface area (Å²) >= 11 is 0. The number of carbonyl (C=O) groups excluding carboxylic acids is 4. The van der Waals surface area contributed by atoms with E-state index in [1.807, 2.05) is 31.2 Å². The number of anilines is 2. The monoisotopic (exact) mass is 1110 g/mol. The second-order valence-corrected chi connectivity index (χ2v) is 27.2. The van der Waals surface area contributed by atoms with Gasteiger partial charge in [-0.15, -0.1) is 0 Å². The first kappa shape index (κ1) is 54.2. The molecule has 0 unspecified atom stereocenters. The molecular formula is C79H72N2O4. The maximum absolute atomic E-state index is 15.0. The van der Waals surface area contributed by atoms with Crippen molar-refractivity contribution in [2.75, 3.05) is 9.80 Å². The highest BCUT2D eigenvalue weighted by atomic mass is 16.2. The molecule has 4 amide bonds. The standard InChI is InChI=1S/C79H72N2O4/c1-38(2)47-30-61(39(3)4)73(62(31-47)40(5)6)80-75(82)57-22-18-53-65-32-48-26-43(11)45(28-50(48)34-67(65)55-20-24-58(76(80)83)71(57)69(53)55)16-17-46-29-51-35-68-56-21-25-60-72-59(23-19-54(70(56)72)66(68)33-49(51)27-44(46)12)77(84)81(78(60)85)74-63(41(7)8)36-52(79(13,14)15)37-64(74)42(9)10/h18-37,39-42H,1,16-17H2,2-15H3. The molecule has 6 heteroatoms. The summed E-state index contributed by atoms with van der Waals surface area (Å²) in [5.74, 6) is -0.779. The Balaban J connectivity index is 0.773. The molecule has 422 valence electrons. The summed E-state index contributed by atoms with van der Waals surface area (Å²) in [4.78, 5) is 62.9. The van der Waals surface area contributed by atoms with Gasteiger partial charge in [0.15, 0.2) is 0 Å². The Bertz CT molecular complexity index is 4680. The number of hydrogen-bond donors (Lipinski definition) is 0. The first-order valence-electron chi connectivity index (χ1n) is 30.6. The second kappa shape index (κ2) is 18.9. The van der Waals surface area contributed by atoms with E-state index in [4.69, 9.17) is 0 Å². The Labute approximate surface area is 499 Å². The molecule has 4 aliphatic rings. The average molecular weight is 1110 g/mol. The molecule has 10 aromatic rings. The number of imide groups is 2. The van der Waals surface area contributed by atoms with Gasteiger partial charge in [-0.2, -0.15) is 0 Å². The number of carbonyl (C=O) groups is 4. The predicted octanol–water partition coefficient (Wildman–Crippen LogP) is 20.4. The van der Waals surface area contributed by atoms with Crippen LogP contribution in [-0.2, 0) is 18.3 Å². The van der Waals surface area contributed by atoms with Crippen LogP contribution in [0, 0.1) is 13.8 Å². The Morgan fingerprint density at radius 1 is 0.388 bits per heavy atom. The summed E-state index contributed by atoms with van der Waals surface area (Å²) in [6.45, 7) is 34.4. The fourth-order valence-corrected chi connectivity index (χ4v) is 14.7. The molecule has 0 saturated carbocycles. The van der Waals surface area contributed by atoms with Crippen LogP contribution in [0.15, 0.2) is 128 Å². The van der Waals surface area contributed by atoms with E-state index in [1.54, 1.807) is 0 Å². The van der Waals surface area contributed by atoms with Crippen molar-refractivity contribution in [2.45, 2.75) is 139 Å². The molecule has 0 aromatic heterocycles. The van der Waals surface area contributed by atoms with Crippen molar-refractivity contribution >= 4 is 83.7 Å². The van der Waals surface area contributed by atoms with Crippen LogP contribution >= 0.6 is 0 Å². The van der Waals surface area contributed by atoms with E-state index < -0.39 is 0 Å². The van der Waals surface area contributed by atoms with Crippen LogP contribution in [0.5, 0.6) is 0 Å². The summed E-state index contributed by atoms with van der Waals surface area (Å²) < 4.78 is 0. The molecule has 2 heterocycles. The molecule has 0 bridgehead atoms. The number of hydrogen-bond acceptors (Lipinski definition) is 4. The van der Waals surface area contributed by atoms with Gasteiger partial charge >= 0.3 is 0 Å². The van der Waals surface area contributed by atoms with Gasteiger partial charge in [-0.1, -0.05) is 149 Å². The second-order valence-electron chi connectivity index (χ2n) is 27.2.